The van der Waals surface area contributed by atoms with Crippen LogP contribution in [0, 0.1) is 13.8 Å². The minimum Gasteiger partial charge on any atom is -0.434 e. The summed E-state index contributed by atoms with van der Waals surface area (Å²) in [7, 11) is 0. The minimum atomic E-state index is -0.623. The van der Waals surface area contributed by atoms with Gasteiger partial charge in [0.2, 0.25) is 0 Å². The SMILES string of the molecule is Cc1cccc(OC(=O)OCCCCCc2ccccc2)c1C. The zero-order valence-electron chi connectivity index (χ0n) is 13.9. The fourth-order valence-electron chi connectivity index (χ4n) is 2.36. The van der Waals surface area contributed by atoms with Crippen molar-refractivity contribution in [3.05, 3.63) is 65.2 Å². The van der Waals surface area contributed by atoms with Crippen LogP contribution in [0.4, 0.5) is 4.79 Å². The van der Waals surface area contributed by atoms with Crippen molar-refractivity contribution in [2.75, 3.05) is 6.61 Å². The lowest BCUT2D eigenvalue weighted by Gasteiger charge is -2.09. The lowest BCUT2D eigenvalue weighted by Crippen LogP contribution is -2.12. The fraction of sp³-hybridized carbons (Fsp3) is 0.350. The molecular weight excluding hydrogens is 288 g/mol. The number of rotatable bonds is 7. The molecule has 0 bridgehead atoms. The third kappa shape index (κ3) is 5.78. The van der Waals surface area contributed by atoms with Crippen molar-refractivity contribution in [2.24, 2.45) is 0 Å². The summed E-state index contributed by atoms with van der Waals surface area (Å²) >= 11 is 0. The number of hydrogen-bond donors (Lipinski definition) is 0. The topological polar surface area (TPSA) is 35.5 Å². The van der Waals surface area contributed by atoms with Crippen LogP contribution in [-0.2, 0) is 11.2 Å². The average molecular weight is 312 g/mol. The van der Waals surface area contributed by atoms with Crippen molar-refractivity contribution in [2.45, 2.75) is 39.5 Å². The molecule has 0 saturated carbocycles. The molecule has 0 atom stereocenters. The molecule has 23 heavy (non-hydrogen) atoms. The standard InChI is InChI=1S/C20H24O3/c1-16-10-9-14-19(17(16)2)23-20(21)22-15-8-4-7-13-18-11-5-3-6-12-18/h3,5-6,9-12,14H,4,7-8,13,15H2,1-2H3. The van der Waals surface area contributed by atoms with E-state index in [4.69, 9.17) is 9.47 Å². The summed E-state index contributed by atoms with van der Waals surface area (Å²) in [6.45, 7) is 4.32. The number of hydrogen-bond acceptors (Lipinski definition) is 3. The van der Waals surface area contributed by atoms with E-state index in [-0.39, 0.29) is 0 Å². The van der Waals surface area contributed by atoms with E-state index >= 15 is 0 Å². The van der Waals surface area contributed by atoms with Crippen LogP contribution in [0.25, 0.3) is 0 Å². The molecule has 3 heteroatoms. The summed E-state index contributed by atoms with van der Waals surface area (Å²) in [5, 5.41) is 0. The van der Waals surface area contributed by atoms with Crippen LogP contribution in [0.15, 0.2) is 48.5 Å². The normalized spacial score (nSPS) is 10.3. The van der Waals surface area contributed by atoms with Gasteiger partial charge in [-0.25, -0.2) is 4.79 Å². The Kier molecular flexibility index (Phi) is 6.67. The number of unbranched alkanes of at least 4 members (excludes halogenated alkanes) is 2. The quantitative estimate of drug-likeness (QED) is 0.399. The van der Waals surface area contributed by atoms with Gasteiger partial charge in [0.05, 0.1) is 6.61 Å². The summed E-state index contributed by atoms with van der Waals surface area (Å²) in [5.41, 5.74) is 3.41. The highest BCUT2D eigenvalue weighted by Crippen LogP contribution is 2.21. The second-order valence-electron chi connectivity index (χ2n) is 5.69. The Morgan fingerprint density at radius 2 is 1.70 bits per heavy atom. The van der Waals surface area contributed by atoms with E-state index in [1.807, 2.05) is 32.0 Å². The maximum absolute atomic E-state index is 11.7. The van der Waals surface area contributed by atoms with Gasteiger partial charge in [-0.1, -0.05) is 42.5 Å². The van der Waals surface area contributed by atoms with Crippen LogP contribution in [-0.4, -0.2) is 12.8 Å². The number of aryl methyl sites for hydroxylation is 2. The predicted octanol–water partition coefficient (Wildman–Crippen LogP) is 5.23. The number of carbonyl (C=O) groups excluding carboxylic acids is 1. The van der Waals surface area contributed by atoms with Crippen molar-refractivity contribution >= 4 is 6.16 Å². The molecule has 0 saturated heterocycles. The molecule has 0 N–H and O–H groups in total. The largest absolute Gasteiger partial charge is 0.513 e. The van der Waals surface area contributed by atoms with E-state index < -0.39 is 6.16 Å². The molecule has 0 amide bonds. The van der Waals surface area contributed by atoms with Crippen molar-refractivity contribution in [3.8, 4) is 5.75 Å². The molecule has 0 fully saturated rings. The van der Waals surface area contributed by atoms with E-state index in [2.05, 4.69) is 24.3 Å². The van der Waals surface area contributed by atoms with E-state index in [0.717, 1.165) is 36.8 Å². The smallest absolute Gasteiger partial charge is 0.434 e. The maximum Gasteiger partial charge on any atom is 0.513 e. The van der Waals surface area contributed by atoms with Crippen LogP contribution in [0.5, 0.6) is 5.75 Å². The number of ether oxygens (including phenoxy) is 2. The highest BCUT2D eigenvalue weighted by Gasteiger charge is 2.09. The molecule has 2 aromatic carbocycles. The lowest BCUT2D eigenvalue weighted by molar-refractivity contribution is 0.0971. The van der Waals surface area contributed by atoms with Crippen molar-refractivity contribution < 1.29 is 14.3 Å². The van der Waals surface area contributed by atoms with Crippen LogP contribution >= 0.6 is 0 Å². The Morgan fingerprint density at radius 3 is 2.48 bits per heavy atom. The molecule has 0 unspecified atom stereocenters. The van der Waals surface area contributed by atoms with Crippen molar-refractivity contribution in [1.82, 2.24) is 0 Å². The molecule has 0 radical (unpaired) electrons. The van der Waals surface area contributed by atoms with E-state index in [1.54, 1.807) is 6.07 Å². The molecule has 0 aliphatic carbocycles. The highest BCUT2D eigenvalue weighted by atomic mass is 16.7. The van der Waals surface area contributed by atoms with Crippen LogP contribution < -0.4 is 4.74 Å². The van der Waals surface area contributed by atoms with Crippen molar-refractivity contribution in [3.63, 3.8) is 0 Å². The molecule has 3 nitrogen and oxygen atoms in total. The first-order valence-electron chi connectivity index (χ1n) is 8.11. The van der Waals surface area contributed by atoms with E-state index in [1.165, 1.54) is 5.56 Å². The molecule has 0 spiro atoms. The Balaban J connectivity index is 1.61. The molecule has 0 aliphatic heterocycles. The molecule has 0 heterocycles. The van der Waals surface area contributed by atoms with E-state index in [9.17, 15) is 4.79 Å². The van der Waals surface area contributed by atoms with E-state index in [0.29, 0.717) is 12.4 Å². The second-order valence-corrected chi connectivity index (χ2v) is 5.69. The first kappa shape index (κ1) is 17.1. The van der Waals surface area contributed by atoms with Crippen LogP contribution in [0.2, 0.25) is 0 Å². The van der Waals surface area contributed by atoms with Gasteiger partial charge in [0.1, 0.15) is 5.75 Å². The summed E-state index contributed by atoms with van der Waals surface area (Å²) in [4.78, 5) is 11.7. The van der Waals surface area contributed by atoms with Gasteiger partial charge in [0, 0.05) is 0 Å². The van der Waals surface area contributed by atoms with Crippen molar-refractivity contribution in [1.29, 1.82) is 0 Å². The third-order valence-electron chi connectivity index (χ3n) is 3.92. The van der Waals surface area contributed by atoms with Gasteiger partial charge in [-0.2, -0.15) is 0 Å². The molecule has 2 rings (SSSR count). The molecule has 0 aliphatic rings. The van der Waals surface area contributed by atoms with Gasteiger partial charge >= 0.3 is 6.16 Å². The Hall–Kier alpha value is -2.29. The lowest BCUT2D eigenvalue weighted by atomic mass is 10.1. The van der Waals surface area contributed by atoms with Crippen LogP contribution in [0.3, 0.4) is 0 Å². The third-order valence-corrected chi connectivity index (χ3v) is 3.92. The Labute approximate surface area is 138 Å². The first-order valence-corrected chi connectivity index (χ1v) is 8.11. The Bertz CT molecular complexity index is 620. The molecule has 2 aromatic rings. The first-order chi connectivity index (χ1) is 11.2. The zero-order chi connectivity index (χ0) is 16.5. The van der Waals surface area contributed by atoms with Gasteiger partial charge in [-0.3, -0.25) is 0 Å². The molecule has 0 aromatic heterocycles. The monoisotopic (exact) mass is 312 g/mol. The second kappa shape index (κ2) is 8.99. The zero-order valence-corrected chi connectivity index (χ0v) is 13.9. The number of carbonyl (C=O) groups is 1. The summed E-state index contributed by atoms with van der Waals surface area (Å²) in [6, 6.07) is 16.1. The fourth-order valence-corrected chi connectivity index (χ4v) is 2.36. The van der Waals surface area contributed by atoms with Gasteiger partial charge in [0.25, 0.3) is 0 Å². The predicted molar refractivity (Wildman–Crippen MR) is 91.9 cm³/mol. The minimum absolute atomic E-state index is 0.401. The van der Waals surface area contributed by atoms with Gasteiger partial charge in [0.15, 0.2) is 0 Å². The summed E-state index contributed by atoms with van der Waals surface area (Å²) in [6.07, 6.45) is 3.43. The van der Waals surface area contributed by atoms with Crippen LogP contribution in [0.1, 0.15) is 36.0 Å². The molecule has 122 valence electrons. The highest BCUT2D eigenvalue weighted by molar-refractivity contribution is 5.64. The summed E-state index contributed by atoms with van der Waals surface area (Å²) in [5.74, 6) is 0.569. The summed E-state index contributed by atoms with van der Waals surface area (Å²) < 4.78 is 10.4. The van der Waals surface area contributed by atoms with Gasteiger partial charge < -0.3 is 9.47 Å². The average Bonchev–Trinajstić information content (AvgIpc) is 2.56. The molecular formula is C20H24O3. The Morgan fingerprint density at radius 1 is 0.913 bits per heavy atom. The van der Waals surface area contributed by atoms with Gasteiger partial charge in [-0.05, 0) is 62.3 Å². The maximum atomic E-state index is 11.7. The van der Waals surface area contributed by atoms with Gasteiger partial charge in [-0.15, -0.1) is 0 Å². The number of benzene rings is 2.